The molecule has 2 aromatic carbocycles. The van der Waals surface area contributed by atoms with Gasteiger partial charge in [-0.3, -0.25) is 4.98 Å². The first-order chi connectivity index (χ1) is 14.3. The van der Waals surface area contributed by atoms with Crippen LogP contribution in [-0.2, 0) is 5.41 Å². The second kappa shape index (κ2) is 7.23. The van der Waals surface area contributed by atoms with E-state index >= 15 is 0 Å². The highest BCUT2D eigenvalue weighted by molar-refractivity contribution is 7.80. The van der Waals surface area contributed by atoms with Crippen LogP contribution in [0.5, 0.6) is 0 Å². The molecule has 30 heavy (non-hydrogen) atoms. The molecule has 0 aliphatic carbocycles. The number of thiophene rings is 2. The van der Waals surface area contributed by atoms with E-state index in [0.717, 1.165) is 21.7 Å². The fraction of sp³-hybridized carbons (Fsp3) is 0.192. The monoisotopic (exact) mass is 445 g/mol. The maximum atomic E-state index is 4.96. The zero-order chi connectivity index (χ0) is 21.0. The molecule has 0 atom stereocenters. The minimum atomic E-state index is 0.0650. The summed E-state index contributed by atoms with van der Waals surface area (Å²) in [7, 11) is 0. The van der Waals surface area contributed by atoms with Crippen LogP contribution < -0.4 is 0 Å². The Morgan fingerprint density at radius 3 is 2.53 bits per heavy atom. The largest absolute Gasteiger partial charge is 0.255 e. The van der Waals surface area contributed by atoms with Gasteiger partial charge in [0.25, 0.3) is 0 Å². The Morgan fingerprint density at radius 2 is 1.73 bits per heavy atom. The van der Waals surface area contributed by atoms with E-state index < -0.39 is 0 Å². The van der Waals surface area contributed by atoms with Crippen LogP contribution in [0.1, 0.15) is 31.2 Å². The summed E-state index contributed by atoms with van der Waals surface area (Å²) < 4.78 is 2.67. The SMILES string of the molecule is Cc1cc2ccc(-c3ccnc(-c4cc(C(C)(C)C)c5sccc5c4)c3S)cc2s1. The summed E-state index contributed by atoms with van der Waals surface area (Å²) in [5, 5.41) is 4.75. The van der Waals surface area contributed by atoms with Gasteiger partial charge in [-0.25, -0.2) is 0 Å². The van der Waals surface area contributed by atoms with Crippen molar-refractivity contribution >= 4 is 55.5 Å². The van der Waals surface area contributed by atoms with E-state index in [1.165, 1.54) is 36.2 Å². The summed E-state index contributed by atoms with van der Waals surface area (Å²) in [4.78, 5) is 7.01. The molecule has 4 heteroatoms. The zero-order valence-corrected chi connectivity index (χ0v) is 20.0. The molecule has 0 N–H and O–H groups in total. The molecule has 0 saturated heterocycles. The van der Waals surface area contributed by atoms with E-state index in [-0.39, 0.29) is 5.41 Å². The lowest BCUT2D eigenvalue weighted by Gasteiger charge is -2.21. The average Bonchev–Trinajstić information content (AvgIpc) is 3.31. The van der Waals surface area contributed by atoms with Gasteiger partial charge in [-0.1, -0.05) is 32.9 Å². The van der Waals surface area contributed by atoms with E-state index in [9.17, 15) is 0 Å². The Labute approximate surface area is 190 Å². The molecule has 0 spiro atoms. The van der Waals surface area contributed by atoms with Crippen LogP contribution in [0.2, 0.25) is 0 Å². The summed E-state index contributed by atoms with van der Waals surface area (Å²) in [6, 6.07) is 17.7. The highest BCUT2D eigenvalue weighted by Crippen LogP contribution is 2.40. The van der Waals surface area contributed by atoms with Crippen molar-refractivity contribution in [2.24, 2.45) is 0 Å². The number of aryl methyl sites for hydroxylation is 1. The minimum Gasteiger partial charge on any atom is -0.255 e. The third-order valence-electron chi connectivity index (χ3n) is 5.51. The zero-order valence-electron chi connectivity index (χ0n) is 17.5. The van der Waals surface area contributed by atoms with E-state index in [1.807, 2.05) is 28.9 Å². The van der Waals surface area contributed by atoms with Gasteiger partial charge in [-0.2, -0.15) is 0 Å². The molecule has 0 amide bonds. The number of nitrogens with zero attached hydrogens (tertiary/aromatic N) is 1. The van der Waals surface area contributed by atoms with Crippen molar-refractivity contribution in [2.45, 2.75) is 38.0 Å². The van der Waals surface area contributed by atoms with Crippen LogP contribution in [-0.4, -0.2) is 4.98 Å². The molecule has 0 radical (unpaired) electrons. The van der Waals surface area contributed by atoms with Gasteiger partial charge >= 0.3 is 0 Å². The van der Waals surface area contributed by atoms with Gasteiger partial charge in [0.1, 0.15) is 0 Å². The molecule has 0 aliphatic heterocycles. The number of aromatic nitrogens is 1. The van der Waals surface area contributed by atoms with Crippen molar-refractivity contribution in [2.75, 3.05) is 0 Å². The molecule has 150 valence electrons. The first kappa shape index (κ1) is 19.8. The normalized spacial score (nSPS) is 12.2. The Bertz CT molecular complexity index is 1400. The predicted molar refractivity (Wildman–Crippen MR) is 137 cm³/mol. The summed E-state index contributed by atoms with van der Waals surface area (Å²) in [5.74, 6) is 0. The molecule has 1 nitrogen and oxygen atoms in total. The Balaban J connectivity index is 1.69. The first-order valence-electron chi connectivity index (χ1n) is 10.0. The molecule has 0 saturated carbocycles. The highest BCUT2D eigenvalue weighted by Gasteiger charge is 2.20. The minimum absolute atomic E-state index is 0.0650. The number of hydrogen-bond donors (Lipinski definition) is 1. The van der Waals surface area contributed by atoms with Gasteiger partial charge < -0.3 is 0 Å². The lowest BCUT2D eigenvalue weighted by Crippen LogP contribution is -2.11. The fourth-order valence-electron chi connectivity index (χ4n) is 4.01. The lowest BCUT2D eigenvalue weighted by molar-refractivity contribution is 0.597. The Morgan fingerprint density at radius 1 is 0.900 bits per heavy atom. The lowest BCUT2D eigenvalue weighted by atomic mass is 9.85. The van der Waals surface area contributed by atoms with Gasteiger partial charge in [-0.05, 0) is 81.6 Å². The number of hydrogen-bond acceptors (Lipinski definition) is 4. The summed E-state index contributed by atoms with van der Waals surface area (Å²) in [6.07, 6.45) is 1.91. The highest BCUT2D eigenvalue weighted by atomic mass is 32.1. The van der Waals surface area contributed by atoms with Gasteiger partial charge in [0.2, 0.25) is 0 Å². The molecule has 5 aromatic rings. The molecular formula is C26H23NS3. The van der Waals surface area contributed by atoms with E-state index in [4.69, 9.17) is 17.6 Å². The van der Waals surface area contributed by atoms with Crippen LogP contribution in [0.4, 0.5) is 0 Å². The summed E-state index contributed by atoms with van der Waals surface area (Å²) in [5.41, 5.74) is 5.81. The van der Waals surface area contributed by atoms with Crippen LogP contribution in [0.25, 0.3) is 42.6 Å². The maximum absolute atomic E-state index is 4.96. The van der Waals surface area contributed by atoms with E-state index in [0.29, 0.717) is 0 Å². The predicted octanol–water partition coefficient (Wildman–Crippen LogP) is 8.74. The molecule has 5 rings (SSSR count). The molecule has 3 heterocycles. The van der Waals surface area contributed by atoms with Crippen molar-refractivity contribution in [3.8, 4) is 22.4 Å². The van der Waals surface area contributed by atoms with Crippen molar-refractivity contribution in [3.63, 3.8) is 0 Å². The van der Waals surface area contributed by atoms with E-state index in [2.05, 4.69) is 81.6 Å². The number of benzene rings is 2. The fourth-order valence-corrected chi connectivity index (χ4v) is 6.47. The third-order valence-corrected chi connectivity index (χ3v) is 7.94. The average molecular weight is 446 g/mol. The first-order valence-corrected chi connectivity index (χ1v) is 12.2. The van der Waals surface area contributed by atoms with Crippen LogP contribution in [0, 0.1) is 6.92 Å². The van der Waals surface area contributed by atoms with Gasteiger partial charge in [0.15, 0.2) is 0 Å². The van der Waals surface area contributed by atoms with Crippen molar-refractivity contribution in [1.29, 1.82) is 0 Å². The number of pyridine rings is 1. The summed E-state index contributed by atoms with van der Waals surface area (Å²) >= 11 is 8.61. The van der Waals surface area contributed by atoms with Gasteiger partial charge in [0, 0.05) is 30.9 Å². The smallest absolute Gasteiger partial charge is 0.0841 e. The second-order valence-electron chi connectivity index (χ2n) is 8.78. The Kier molecular flexibility index (Phi) is 4.77. The van der Waals surface area contributed by atoms with Crippen molar-refractivity contribution < 1.29 is 0 Å². The second-order valence-corrected chi connectivity index (χ2v) is 11.4. The third kappa shape index (κ3) is 3.37. The van der Waals surface area contributed by atoms with Crippen molar-refractivity contribution in [3.05, 3.63) is 70.5 Å². The van der Waals surface area contributed by atoms with Gasteiger partial charge in [0.05, 0.1) is 5.69 Å². The van der Waals surface area contributed by atoms with E-state index in [1.54, 1.807) is 0 Å². The number of thiol groups is 1. The molecule has 0 bridgehead atoms. The number of rotatable bonds is 2. The van der Waals surface area contributed by atoms with Crippen LogP contribution in [0.3, 0.4) is 0 Å². The molecule has 0 aliphatic rings. The molecule has 3 aromatic heterocycles. The number of fused-ring (bicyclic) bond motifs is 2. The summed E-state index contributed by atoms with van der Waals surface area (Å²) in [6.45, 7) is 8.98. The molecule has 0 fully saturated rings. The van der Waals surface area contributed by atoms with Crippen LogP contribution in [0.15, 0.2) is 65.0 Å². The maximum Gasteiger partial charge on any atom is 0.0841 e. The standard InChI is InChI=1S/C26H23NS3/c1-15-11-17-6-5-16(14-22(17)30-15)20-7-9-27-23(24(20)28)19-12-18-8-10-29-25(18)21(13-19)26(2,3)4/h5-14,28H,1-4H3. The molecule has 0 unspecified atom stereocenters. The van der Waals surface area contributed by atoms with Crippen molar-refractivity contribution in [1.82, 2.24) is 4.98 Å². The Hall–Kier alpha value is -2.14. The topological polar surface area (TPSA) is 12.9 Å². The quantitative estimate of drug-likeness (QED) is 0.268. The van der Waals surface area contributed by atoms with Crippen LogP contribution >= 0.6 is 35.3 Å². The van der Waals surface area contributed by atoms with Gasteiger partial charge in [-0.15, -0.1) is 35.3 Å². The molecular weight excluding hydrogens is 422 g/mol.